The molecule has 2 fully saturated rings. The number of hydrogen-bond donors (Lipinski definition) is 0. The molecule has 0 aliphatic carbocycles. The van der Waals surface area contributed by atoms with Crippen LogP contribution in [0.1, 0.15) is 17.2 Å². The number of benzene rings is 3. The summed E-state index contributed by atoms with van der Waals surface area (Å²) >= 11 is 6.04. The lowest BCUT2D eigenvalue weighted by Crippen LogP contribution is -2.36. The summed E-state index contributed by atoms with van der Waals surface area (Å²) in [6, 6.07) is 26.0. The van der Waals surface area contributed by atoms with E-state index in [4.69, 9.17) is 16.4 Å². The highest BCUT2D eigenvalue weighted by molar-refractivity contribution is 6.30. The monoisotopic (exact) mass is 418 g/mol. The third kappa shape index (κ3) is 3.16. The molecule has 0 N–H and O–H groups in total. The van der Waals surface area contributed by atoms with Gasteiger partial charge in [0.05, 0.1) is 18.3 Å². The average Bonchev–Trinajstić information content (AvgIpc) is 3.28. The third-order valence-electron chi connectivity index (χ3n) is 5.61. The Balaban J connectivity index is 1.51. The van der Waals surface area contributed by atoms with Gasteiger partial charge in [-0.15, -0.1) is 0 Å². The number of rotatable bonds is 4. The van der Waals surface area contributed by atoms with Crippen molar-refractivity contribution < 1.29 is 14.4 Å². The third-order valence-corrected chi connectivity index (χ3v) is 5.86. The molecule has 30 heavy (non-hydrogen) atoms. The van der Waals surface area contributed by atoms with Crippen LogP contribution in [0.15, 0.2) is 84.9 Å². The summed E-state index contributed by atoms with van der Waals surface area (Å²) in [5, 5.41) is 2.28. The first-order valence-corrected chi connectivity index (χ1v) is 10.2. The number of hydrogen-bond acceptors (Lipinski definition) is 4. The number of hydroxylamine groups is 1. The number of imide groups is 1. The van der Waals surface area contributed by atoms with Gasteiger partial charge in [-0.25, -0.2) is 5.06 Å². The number of carbonyl (C=O) groups is 2. The van der Waals surface area contributed by atoms with Crippen molar-refractivity contribution >= 4 is 29.1 Å². The zero-order valence-electron chi connectivity index (χ0n) is 16.0. The summed E-state index contributed by atoms with van der Waals surface area (Å²) in [5.74, 6) is -1.12. The van der Waals surface area contributed by atoms with Crippen LogP contribution in [0.3, 0.4) is 0 Å². The predicted octanol–water partition coefficient (Wildman–Crippen LogP) is 4.39. The normalized spacial score (nSPS) is 23.2. The van der Waals surface area contributed by atoms with E-state index in [1.165, 1.54) is 4.90 Å². The van der Waals surface area contributed by atoms with Crippen LogP contribution in [0.2, 0.25) is 5.02 Å². The molecular weight excluding hydrogens is 400 g/mol. The summed E-state index contributed by atoms with van der Waals surface area (Å²) in [6.45, 7) is 0.247. The van der Waals surface area contributed by atoms with Crippen LogP contribution in [0.4, 0.5) is 5.69 Å². The van der Waals surface area contributed by atoms with Crippen molar-refractivity contribution in [3.63, 3.8) is 0 Å². The topological polar surface area (TPSA) is 49.9 Å². The van der Waals surface area contributed by atoms with Gasteiger partial charge >= 0.3 is 0 Å². The van der Waals surface area contributed by atoms with Gasteiger partial charge < -0.3 is 0 Å². The molecule has 2 saturated heterocycles. The molecule has 3 aromatic carbocycles. The Morgan fingerprint density at radius 2 is 1.43 bits per heavy atom. The summed E-state index contributed by atoms with van der Waals surface area (Å²) in [4.78, 5) is 34.0. The minimum absolute atomic E-state index is 0.209. The molecule has 0 unspecified atom stereocenters. The van der Waals surface area contributed by atoms with E-state index in [-0.39, 0.29) is 18.4 Å². The largest absolute Gasteiger partial charge is 0.275 e. The first kappa shape index (κ1) is 18.9. The maximum Gasteiger partial charge on any atom is 0.262 e. The Kier molecular flexibility index (Phi) is 4.77. The quantitative estimate of drug-likeness (QED) is 0.590. The maximum atomic E-state index is 13.4. The van der Waals surface area contributed by atoms with Gasteiger partial charge in [0.15, 0.2) is 6.10 Å². The molecule has 6 heteroatoms. The summed E-state index contributed by atoms with van der Waals surface area (Å²) in [5.41, 5.74) is 2.57. The number of carbonyl (C=O) groups excluding carboxylic acids is 2. The number of amides is 2. The first-order valence-electron chi connectivity index (χ1n) is 9.79. The van der Waals surface area contributed by atoms with E-state index in [0.717, 1.165) is 16.8 Å². The molecule has 2 aliphatic heterocycles. The van der Waals surface area contributed by atoms with Crippen molar-refractivity contribution in [2.75, 3.05) is 5.06 Å². The van der Waals surface area contributed by atoms with Gasteiger partial charge in [0.25, 0.3) is 5.91 Å². The van der Waals surface area contributed by atoms with Crippen molar-refractivity contribution in [1.29, 1.82) is 0 Å². The fourth-order valence-electron chi connectivity index (χ4n) is 4.19. The van der Waals surface area contributed by atoms with Gasteiger partial charge in [-0.3, -0.25) is 19.3 Å². The molecule has 5 rings (SSSR count). The zero-order chi connectivity index (χ0) is 20.7. The van der Waals surface area contributed by atoms with Gasteiger partial charge in [0.1, 0.15) is 5.92 Å². The second-order valence-electron chi connectivity index (χ2n) is 7.46. The van der Waals surface area contributed by atoms with Gasteiger partial charge in [-0.1, -0.05) is 72.3 Å². The Bertz CT molecular complexity index is 1070. The number of anilines is 1. The maximum absolute atomic E-state index is 13.4. The highest BCUT2D eigenvalue weighted by atomic mass is 35.5. The Morgan fingerprint density at radius 1 is 0.800 bits per heavy atom. The molecule has 5 nitrogen and oxygen atoms in total. The van der Waals surface area contributed by atoms with Crippen molar-refractivity contribution in [2.45, 2.75) is 18.7 Å². The van der Waals surface area contributed by atoms with Crippen LogP contribution >= 0.6 is 11.6 Å². The fourth-order valence-corrected chi connectivity index (χ4v) is 4.32. The van der Waals surface area contributed by atoms with Crippen LogP contribution in [0.5, 0.6) is 0 Å². The van der Waals surface area contributed by atoms with Gasteiger partial charge in [0.2, 0.25) is 5.91 Å². The van der Waals surface area contributed by atoms with E-state index in [2.05, 4.69) is 0 Å². The lowest BCUT2D eigenvalue weighted by atomic mass is 9.90. The molecule has 2 aliphatic rings. The second kappa shape index (κ2) is 7.59. The average molecular weight is 419 g/mol. The van der Waals surface area contributed by atoms with E-state index in [9.17, 15) is 9.59 Å². The molecular formula is C24H19ClN2O3. The van der Waals surface area contributed by atoms with Crippen LogP contribution in [-0.4, -0.2) is 22.8 Å². The fraction of sp³-hybridized carbons (Fsp3) is 0.167. The lowest BCUT2D eigenvalue weighted by Gasteiger charge is -2.28. The molecule has 0 spiro atoms. The van der Waals surface area contributed by atoms with Crippen LogP contribution in [0, 0.1) is 5.92 Å². The van der Waals surface area contributed by atoms with Crippen LogP contribution < -0.4 is 5.06 Å². The number of halogens is 1. The van der Waals surface area contributed by atoms with Crippen LogP contribution in [-0.2, 0) is 21.0 Å². The van der Waals surface area contributed by atoms with Crippen molar-refractivity contribution in [2.24, 2.45) is 5.92 Å². The second-order valence-corrected chi connectivity index (χ2v) is 7.89. The standard InChI is InChI=1S/C24H19ClN2O3/c25-18-11-13-19(14-12-18)27-21(17-9-5-2-6-10-17)20-22(30-27)24(29)26(23(20)28)15-16-7-3-1-4-8-16/h1-14,20-22H,15H2/t20-,21-,22-/m1/s1. The molecule has 0 bridgehead atoms. The Morgan fingerprint density at radius 3 is 2.10 bits per heavy atom. The molecule has 0 aromatic heterocycles. The van der Waals surface area contributed by atoms with Gasteiger partial charge in [-0.2, -0.15) is 0 Å². The highest BCUT2D eigenvalue weighted by Crippen LogP contribution is 2.47. The summed E-state index contributed by atoms with van der Waals surface area (Å²) in [6.07, 6.45) is -0.845. The zero-order valence-corrected chi connectivity index (χ0v) is 16.8. The van der Waals surface area contributed by atoms with E-state index in [1.54, 1.807) is 17.2 Å². The van der Waals surface area contributed by atoms with E-state index in [1.807, 2.05) is 72.8 Å². The molecule has 3 atom stereocenters. The SMILES string of the molecule is O=C1[C@@H]2[C@@H](c3ccccc3)N(c3ccc(Cl)cc3)O[C@H]2C(=O)N1Cc1ccccc1. The molecule has 2 heterocycles. The number of likely N-dealkylation sites (tertiary alicyclic amines) is 1. The first-order chi connectivity index (χ1) is 14.6. The predicted molar refractivity (Wildman–Crippen MR) is 113 cm³/mol. The Labute approximate surface area is 179 Å². The van der Waals surface area contributed by atoms with Crippen molar-refractivity contribution in [3.8, 4) is 0 Å². The highest BCUT2D eigenvalue weighted by Gasteiger charge is 2.59. The van der Waals surface area contributed by atoms with Gasteiger partial charge in [0, 0.05) is 5.02 Å². The van der Waals surface area contributed by atoms with Gasteiger partial charge in [-0.05, 0) is 35.4 Å². The summed E-state index contributed by atoms with van der Waals surface area (Å²) < 4.78 is 0. The molecule has 2 amide bonds. The minimum atomic E-state index is -0.845. The van der Waals surface area contributed by atoms with E-state index < -0.39 is 18.1 Å². The molecule has 3 aromatic rings. The summed E-state index contributed by atoms with van der Waals surface area (Å²) in [7, 11) is 0. The minimum Gasteiger partial charge on any atom is -0.275 e. The van der Waals surface area contributed by atoms with Crippen molar-refractivity contribution in [1.82, 2.24) is 4.90 Å². The number of nitrogens with zero attached hydrogens (tertiary/aromatic N) is 2. The lowest BCUT2D eigenvalue weighted by molar-refractivity contribution is -0.143. The molecule has 0 saturated carbocycles. The van der Waals surface area contributed by atoms with Crippen molar-refractivity contribution in [3.05, 3.63) is 101 Å². The molecule has 0 radical (unpaired) electrons. The molecule has 150 valence electrons. The smallest absolute Gasteiger partial charge is 0.262 e. The number of fused-ring (bicyclic) bond motifs is 1. The Hall–Kier alpha value is -3.15. The van der Waals surface area contributed by atoms with Crippen LogP contribution in [0.25, 0.3) is 0 Å². The van der Waals surface area contributed by atoms with E-state index in [0.29, 0.717) is 5.02 Å². The van der Waals surface area contributed by atoms with E-state index >= 15 is 0 Å².